The molecule has 0 spiro atoms. The molecule has 24 nitrogen and oxygen atoms in total. The van der Waals surface area contributed by atoms with Crippen molar-refractivity contribution < 1.29 is 92.5 Å². The number of hydrogen-bond donors (Lipinski definition) is 6. The average molecular weight is 1710 g/mol. The zero-order valence-corrected chi connectivity index (χ0v) is 70.0. The zero-order valence-electron chi connectivity index (χ0n) is 66.8. The smallest absolute Gasteiger partial charge is 0.265 e. The number of benzene rings is 9. The summed E-state index contributed by atoms with van der Waals surface area (Å²) in [6.07, 6.45) is 4.04. The van der Waals surface area contributed by atoms with E-state index in [1.54, 1.807) is 74.2 Å². The maximum absolute atomic E-state index is 13.6. The van der Waals surface area contributed by atoms with Crippen LogP contribution in [0.2, 0.25) is 5.02 Å². The Morgan fingerprint density at radius 1 is 0.361 bits per heavy atom. The Labute approximate surface area is 700 Å². The van der Waals surface area contributed by atoms with E-state index < -0.39 is 73.1 Å². The Morgan fingerprint density at radius 2 is 0.664 bits per heavy atom. The highest BCUT2D eigenvalue weighted by atomic mass is 35.5. The number of aryl methyl sites for hydroxylation is 2. The second-order valence-corrected chi connectivity index (χ2v) is 36.6. The van der Waals surface area contributed by atoms with Gasteiger partial charge in [-0.2, -0.15) is 0 Å². The van der Waals surface area contributed by atoms with Gasteiger partial charge in [-0.05, 0) is 211 Å². The summed E-state index contributed by atoms with van der Waals surface area (Å²) in [7, 11) is -7.47. The summed E-state index contributed by atoms with van der Waals surface area (Å²) in [5.41, 5.74) is 14.0. The van der Waals surface area contributed by atoms with Gasteiger partial charge in [0.15, 0.2) is 55.4 Å². The van der Waals surface area contributed by atoms with E-state index in [4.69, 9.17) is 40.0 Å². The third-order valence-electron chi connectivity index (χ3n) is 22.1. The Hall–Kier alpha value is -9.57. The third-order valence-corrected chi connectivity index (χ3v) is 29.9. The molecule has 3 amide bonds. The van der Waals surface area contributed by atoms with Crippen LogP contribution in [0.15, 0.2) is 233 Å². The number of piperidine rings is 3. The van der Waals surface area contributed by atoms with E-state index in [0.717, 1.165) is 57.9 Å². The molecule has 6 N–H and O–H groups in total. The van der Waals surface area contributed by atoms with Gasteiger partial charge in [0.25, 0.3) is 17.7 Å². The summed E-state index contributed by atoms with van der Waals surface area (Å²) in [6, 6.07) is 64.1. The Kier molecular flexibility index (Phi) is 33.6. The van der Waals surface area contributed by atoms with Crippen molar-refractivity contribution in [3.63, 3.8) is 0 Å². The van der Waals surface area contributed by atoms with Crippen molar-refractivity contribution in [1.82, 2.24) is 31.1 Å². The number of sulfone groups is 3. The molecule has 119 heavy (non-hydrogen) atoms. The van der Waals surface area contributed by atoms with Gasteiger partial charge in [0.1, 0.15) is 17.2 Å². The first-order chi connectivity index (χ1) is 57.4. The molecule has 3 aliphatic heterocycles. The molecule has 0 aromatic heterocycles. The molecule has 30 heteroatoms. The van der Waals surface area contributed by atoms with Crippen LogP contribution in [-0.4, -0.2) is 207 Å². The largest absolute Gasteiger partial charge is 0.494 e. The number of likely N-dealkylation sites (tertiary alicyclic amines) is 3. The van der Waals surface area contributed by atoms with E-state index >= 15 is 0 Å². The van der Waals surface area contributed by atoms with Gasteiger partial charge in [-0.1, -0.05) is 133 Å². The maximum atomic E-state index is 13.6. The van der Waals surface area contributed by atoms with E-state index in [2.05, 4.69) is 53.4 Å². The van der Waals surface area contributed by atoms with Crippen LogP contribution in [0, 0.1) is 11.6 Å². The van der Waals surface area contributed by atoms with E-state index in [1.807, 2.05) is 88.7 Å². The number of halogens is 3. The quantitative estimate of drug-likeness (QED) is 0.0122. The lowest BCUT2D eigenvalue weighted by Gasteiger charge is -2.39. The molecule has 9 aromatic carbocycles. The van der Waals surface area contributed by atoms with Crippen LogP contribution in [0.25, 0.3) is 33.4 Å². The summed E-state index contributed by atoms with van der Waals surface area (Å²) in [6.45, 7) is 7.08. The number of carbonyl (C=O) groups is 3. The van der Waals surface area contributed by atoms with Crippen molar-refractivity contribution in [2.24, 2.45) is 0 Å². The van der Waals surface area contributed by atoms with Crippen LogP contribution in [0.4, 0.5) is 8.78 Å². The number of amides is 3. The highest BCUT2D eigenvalue weighted by Crippen LogP contribution is 2.41. The predicted octanol–water partition coefficient (Wildman–Crippen LogP) is 12.9. The number of hydrogen-bond acceptors (Lipinski definition) is 21. The fraction of sp³-hybridized carbons (Fsp3) is 0.360. The molecule has 12 rings (SSSR count). The van der Waals surface area contributed by atoms with Crippen LogP contribution in [0.5, 0.6) is 17.2 Å². The van der Waals surface area contributed by atoms with Gasteiger partial charge in [0.05, 0.1) is 54.3 Å². The number of carbonyl (C=O) groups excluding carboxylic acids is 3. The Bertz CT molecular complexity index is 5140. The number of ether oxygens (including phenoxy) is 6. The van der Waals surface area contributed by atoms with Crippen molar-refractivity contribution >= 4 is 58.8 Å². The van der Waals surface area contributed by atoms with Crippen molar-refractivity contribution in [3.05, 3.63) is 252 Å². The minimum Gasteiger partial charge on any atom is -0.494 e. The standard InChI is InChI=1S/C30H35ClN2O6S.C30H34F2N2O6S.C29H34N2O6S/c1-38-21-19-33-17-15-30(16-18-33,29(34)32-35)40(36,37)28-13-11-27(12-14-28)39-20-3-5-23-4-2-6-25(22-23)24-7-9-26(31)10-8-24;1-39-19-17-34-15-13-30(14-16-34,29(35)33-36)41(37,38)26-10-8-25(9-11-26)40-18-3-5-22-4-2-6-23(20-22)24-7-12-27(31)28(32)21-24;1-36-21-19-31-17-15-29(16-18-31,28(32)30-33)38(34,35)27-12-10-26(11-13-27)37-20-14-23-6-5-9-25(22-23)24-7-3-2-4-8-24/h2,4,6-14,22,35H,3,5,15-21H2,1H3,(H,32,34);2,4,6-12,20-21,36H,3,5,13-19H2,1H3,(H,33,35);2-13,22,33H,14-21H2,1H3,(H,30,32). The van der Waals surface area contributed by atoms with E-state index in [9.17, 15) is 64.0 Å². The summed E-state index contributed by atoms with van der Waals surface area (Å²) in [4.78, 5) is 44.2. The molecule has 0 bridgehead atoms. The first kappa shape index (κ1) is 91.7. The second-order valence-electron chi connectivity index (χ2n) is 29.3. The molecule has 3 heterocycles. The Morgan fingerprint density at radius 3 is 1.00 bits per heavy atom. The molecule has 3 fully saturated rings. The van der Waals surface area contributed by atoms with Crippen molar-refractivity contribution in [2.75, 3.05) is 120 Å². The van der Waals surface area contributed by atoms with E-state index in [0.29, 0.717) is 146 Å². The molecule has 3 saturated heterocycles. The lowest BCUT2D eigenvalue weighted by molar-refractivity contribution is -0.134. The van der Waals surface area contributed by atoms with Crippen LogP contribution < -0.4 is 30.7 Å². The number of nitrogens with one attached hydrogen (secondary N) is 3. The highest BCUT2D eigenvalue weighted by molar-refractivity contribution is 7.94. The topological polar surface area (TPSA) is 316 Å². The predicted molar refractivity (Wildman–Crippen MR) is 449 cm³/mol. The van der Waals surface area contributed by atoms with Crippen molar-refractivity contribution in [3.8, 4) is 50.6 Å². The minimum atomic E-state index is -4.12. The van der Waals surface area contributed by atoms with Gasteiger partial charge in [-0.3, -0.25) is 30.0 Å². The SMILES string of the molecule is COCCN1CCC(C(=O)NO)(S(=O)(=O)c2ccc(OCCCc3cccc(-c4ccc(Cl)cc4)c3)cc2)CC1.COCCN1CCC(C(=O)NO)(S(=O)(=O)c2ccc(OCCCc3cccc(-c4ccc(F)c(F)c4)c3)cc2)CC1.COCCN1CCC(C(=O)NO)(S(=O)(=O)c2ccc(OCCc3cccc(-c4ccccc4)c3)cc2)CC1. The van der Waals surface area contributed by atoms with Crippen LogP contribution in [0.1, 0.15) is 68.1 Å². The lowest BCUT2D eigenvalue weighted by Crippen LogP contribution is -2.57. The maximum Gasteiger partial charge on any atom is 0.265 e. The van der Waals surface area contributed by atoms with Gasteiger partial charge in [0.2, 0.25) is 0 Å². The number of rotatable bonds is 35. The van der Waals surface area contributed by atoms with E-state index in [-0.39, 0.29) is 53.2 Å². The molecule has 0 unspecified atom stereocenters. The number of nitrogens with zero attached hydrogens (tertiary/aromatic N) is 3. The number of hydroxylamine groups is 3. The van der Waals surface area contributed by atoms with Gasteiger partial charge in [0, 0.05) is 91.7 Å². The average Bonchev–Trinajstić information content (AvgIpc) is 0.754. The first-order valence-corrected chi connectivity index (χ1v) is 44.1. The van der Waals surface area contributed by atoms with Gasteiger partial charge in [-0.15, -0.1) is 0 Å². The van der Waals surface area contributed by atoms with Crippen LogP contribution in [-0.2, 0) is 77.4 Å². The van der Waals surface area contributed by atoms with E-state index in [1.165, 1.54) is 54.1 Å². The Balaban J connectivity index is 0.000000188. The van der Waals surface area contributed by atoms with Gasteiger partial charge < -0.3 is 43.1 Å². The van der Waals surface area contributed by atoms with Crippen molar-refractivity contribution in [2.45, 2.75) is 99.6 Å². The lowest BCUT2D eigenvalue weighted by atomic mass is 9.95. The zero-order chi connectivity index (χ0) is 85.1. The molecule has 0 aliphatic carbocycles. The monoisotopic (exact) mass is 1710 g/mol. The summed E-state index contributed by atoms with van der Waals surface area (Å²) < 4.78 is 136. The normalized spacial score (nSPS) is 15.5. The fourth-order valence-electron chi connectivity index (χ4n) is 14.9. The van der Waals surface area contributed by atoms with Crippen LogP contribution in [0.3, 0.4) is 0 Å². The van der Waals surface area contributed by atoms with Crippen LogP contribution >= 0.6 is 11.6 Å². The molecule has 636 valence electrons. The van der Waals surface area contributed by atoms with Gasteiger partial charge in [-0.25, -0.2) is 50.5 Å². The third kappa shape index (κ3) is 23.1. The summed E-state index contributed by atoms with van der Waals surface area (Å²) in [5, 5.41) is 28.8. The minimum absolute atomic E-state index is 0.0205. The molecular formula is C89H103ClF2N6O18S3. The van der Waals surface area contributed by atoms with Gasteiger partial charge >= 0.3 is 0 Å². The number of methoxy groups -OCH3 is 3. The highest BCUT2D eigenvalue weighted by Gasteiger charge is 2.55. The fourth-order valence-corrected chi connectivity index (χ4v) is 20.9. The molecule has 3 aliphatic rings. The molecule has 9 aromatic rings. The second kappa shape index (κ2) is 43.6. The van der Waals surface area contributed by atoms with Crippen molar-refractivity contribution in [1.29, 1.82) is 0 Å². The summed E-state index contributed by atoms with van der Waals surface area (Å²) in [5.74, 6) is -2.95. The molecule has 0 atom stereocenters. The molecule has 0 radical (unpaired) electrons. The first-order valence-electron chi connectivity index (χ1n) is 39.3. The molecule has 0 saturated carbocycles. The summed E-state index contributed by atoms with van der Waals surface area (Å²) >= 11 is 6.00. The molecular weight excluding hydrogens is 1610 g/mol.